The summed E-state index contributed by atoms with van der Waals surface area (Å²) in [4.78, 5) is 13.2. The van der Waals surface area contributed by atoms with Gasteiger partial charge in [0.25, 0.3) is 0 Å². The standard InChI is InChI=1S/C11H17N3O3/c1-3-16-11(15)14-6-4-9(5-7-14)10-13-12-8(2)17-10/h9H,3-7H2,1-2H3. The summed E-state index contributed by atoms with van der Waals surface area (Å²) in [5.74, 6) is 1.54. The van der Waals surface area contributed by atoms with E-state index in [1.54, 1.807) is 11.8 Å². The van der Waals surface area contributed by atoms with Crippen LogP contribution in [0.25, 0.3) is 0 Å². The highest BCUT2D eigenvalue weighted by molar-refractivity contribution is 5.67. The van der Waals surface area contributed by atoms with Gasteiger partial charge in [0.15, 0.2) is 0 Å². The molecule has 6 heteroatoms. The van der Waals surface area contributed by atoms with Crippen molar-refractivity contribution in [3.63, 3.8) is 0 Å². The number of piperidine rings is 1. The smallest absolute Gasteiger partial charge is 0.409 e. The van der Waals surface area contributed by atoms with Gasteiger partial charge in [-0.05, 0) is 19.8 Å². The molecule has 0 spiro atoms. The molecule has 0 aromatic carbocycles. The zero-order chi connectivity index (χ0) is 12.3. The molecular formula is C11H17N3O3. The number of hydrogen-bond donors (Lipinski definition) is 0. The Morgan fingerprint density at radius 3 is 2.71 bits per heavy atom. The van der Waals surface area contributed by atoms with Crippen LogP contribution >= 0.6 is 0 Å². The normalized spacial score (nSPS) is 17.2. The maximum atomic E-state index is 11.5. The monoisotopic (exact) mass is 239 g/mol. The third-order valence-electron chi connectivity index (χ3n) is 2.91. The Morgan fingerprint density at radius 1 is 1.47 bits per heavy atom. The summed E-state index contributed by atoms with van der Waals surface area (Å²) in [6.45, 7) is 5.38. The third kappa shape index (κ3) is 2.75. The van der Waals surface area contributed by atoms with E-state index in [-0.39, 0.29) is 12.0 Å². The van der Waals surface area contributed by atoms with Crippen LogP contribution in [0.15, 0.2) is 4.42 Å². The molecule has 2 heterocycles. The molecule has 1 aromatic rings. The number of amides is 1. The molecule has 1 amide bonds. The zero-order valence-corrected chi connectivity index (χ0v) is 10.2. The van der Waals surface area contributed by atoms with Gasteiger partial charge in [0.2, 0.25) is 11.8 Å². The average molecular weight is 239 g/mol. The van der Waals surface area contributed by atoms with Crippen molar-refractivity contribution in [2.24, 2.45) is 0 Å². The fourth-order valence-electron chi connectivity index (χ4n) is 2.00. The minimum atomic E-state index is -0.229. The Hall–Kier alpha value is -1.59. The van der Waals surface area contributed by atoms with Crippen molar-refractivity contribution in [3.05, 3.63) is 11.8 Å². The van der Waals surface area contributed by atoms with Crippen LogP contribution in [0.1, 0.15) is 37.5 Å². The van der Waals surface area contributed by atoms with Gasteiger partial charge in [-0.3, -0.25) is 0 Å². The van der Waals surface area contributed by atoms with Crippen molar-refractivity contribution >= 4 is 6.09 Å². The van der Waals surface area contributed by atoms with Crippen LogP contribution in [-0.4, -0.2) is 40.9 Å². The van der Waals surface area contributed by atoms with Gasteiger partial charge in [-0.2, -0.15) is 0 Å². The Balaban J connectivity index is 1.88. The third-order valence-corrected chi connectivity index (χ3v) is 2.91. The fourth-order valence-corrected chi connectivity index (χ4v) is 2.00. The van der Waals surface area contributed by atoms with E-state index in [0.717, 1.165) is 12.8 Å². The molecule has 0 radical (unpaired) electrons. The first-order valence-corrected chi connectivity index (χ1v) is 5.92. The molecule has 1 saturated heterocycles. The van der Waals surface area contributed by atoms with Crippen molar-refractivity contribution in [1.82, 2.24) is 15.1 Å². The lowest BCUT2D eigenvalue weighted by molar-refractivity contribution is 0.0953. The molecule has 0 bridgehead atoms. The van der Waals surface area contributed by atoms with E-state index >= 15 is 0 Å². The van der Waals surface area contributed by atoms with Crippen LogP contribution in [-0.2, 0) is 4.74 Å². The highest BCUT2D eigenvalue weighted by atomic mass is 16.6. The summed E-state index contributed by atoms with van der Waals surface area (Å²) < 4.78 is 10.4. The van der Waals surface area contributed by atoms with Crippen molar-refractivity contribution < 1.29 is 13.9 Å². The quantitative estimate of drug-likeness (QED) is 0.785. The first-order chi connectivity index (χ1) is 8.20. The predicted molar refractivity (Wildman–Crippen MR) is 59.6 cm³/mol. The Bertz CT molecular complexity index is 383. The molecule has 0 saturated carbocycles. The number of aryl methyl sites for hydroxylation is 1. The number of aromatic nitrogens is 2. The van der Waals surface area contributed by atoms with E-state index in [9.17, 15) is 4.79 Å². The molecule has 0 unspecified atom stereocenters. The first kappa shape index (κ1) is 11.9. The van der Waals surface area contributed by atoms with Gasteiger partial charge in [0.1, 0.15) is 0 Å². The van der Waals surface area contributed by atoms with Gasteiger partial charge in [0.05, 0.1) is 6.61 Å². The Kier molecular flexibility index (Phi) is 3.61. The van der Waals surface area contributed by atoms with E-state index in [0.29, 0.717) is 31.5 Å². The van der Waals surface area contributed by atoms with Crippen LogP contribution in [0.4, 0.5) is 4.79 Å². The van der Waals surface area contributed by atoms with E-state index < -0.39 is 0 Å². The minimum Gasteiger partial charge on any atom is -0.450 e. The second-order valence-corrected chi connectivity index (χ2v) is 4.12. The first-order valence-electron chi connectivity index (χ1n) is 5.92. The van der Waals surface area contributed by atoms with E-state index in [4.69, 9.17) is 9.15 Å². The molecule has 0 atom stereocenters. The lowest BCUT2D eigenvalue weighted by Gasteiger charge is -2.29. The van der Waals surface area contributed by atoms with Gasteiger partial charge in [-0.15, -0.1) is 10.2 Å². The topological polar surface area (TPSA) is 68.5 Å². The van der Waals surface area contributed by atoms with E-state index in [1.165, 1.54) is 0 Å². The lowest BCUT2D eigenvalue weighted by Crippen LogP contribution is -2.38. The van der Waals surface area contributed by atoms with E-state index in [2.05, 4.69) is 10.2 Å². The zero-order valence-electron chi connectivity index (χ0n) is 10.2. The largest absolute Gasteiger partial charge is 0.450 e. The van der Waals surface area contributed by atoms with Crippen molar-refractivity contribution in [2.45, 2.75) is 32.6 Å². The molecule has 6 nitrogen and oxygen atoms in total. The van der Waals surface area contributed by atoms with Crippen LogP contribution in [0, 0.1) is 6.92 Å². The molecule has 1 fully saturated rings. The number of rotatable bonds is 2. The highest BCUT2D eigenvalue weighted by Crippen LogP contribution is 2.27. The lowest BCUT2D eigenvalue weighted by atomic mass is 9.97. The number of carbonyl (C=O) groups is 1. The van der Waals surface area contributed by atoms with Gasteiger partial charge in [0, 0.05) is 25.9 Å². The number of ether oxygens (including phenoxy) is 1. The number of carbonyl (C=O) groups excluding carboxylic acids is 1. The fraction of sp³-hybridized carbons (Fsp3) is 0.727. The van der Waals surface area contributed by atoms with Crippen molar-refractivity contribution in [2.75, 3.05) is 19.7 Å². The van der Waals surface area contributed by atoms with E-state index in [1.807, 2.05) is 6.92 Å². The molecule has 1 aromatic heterocycles. The summed E-state index contributed by atoms with van der Waals surface area (Å²) in [5.41, 5.74) is 0. The maximum Gasteiger partial charge on any atom is 0.409 e. The summed E-state index contributed by atoms with van der Waals surface area (Å²) in [5, 5.41) is 7.85. The summed E-state index contributed by atoms with van der Waals surface area (Å²) >= 11 is 0. The van der Waals surface area contributed by atoms with Crippen molar-refractivity contribution in [3.8, 4) is 0 Å². The molecule has 1 aliphatic rings. The molecule has 0 N–H and O–H groups in total. The Labute approximate surface area is 99.9 Å². The van der Waals surface area contributed by atoms with Gasteiger partial charge in [-0.1, -0.05) is 0 Å². The van der Waals surface area contributed by atoms with Crippen LogP contribution in [0.3, 0.4) is 0 Å². The molecule has 1 aliphatic heterocycles. The number of likely N-dealkylation sites (tertiary alicyclic amines) is 1. The SMILES string of the molecule is CCOC(=O)N1CCC(c2nnc(C)o2)CC1. The molecular weight excluding hydrogens is 222 g/mol. The average Bonchev–Trinajstić information content (AvgIpc) is 2.76. The molecule has 0 aliphatic carbocycles. The second-order valence-electron chi connectivity index (χ2n) is 4.12. The van der Waals surface area contributed by atoms with Crippen LogP contribution < -0.4 is 0 Å². The highest BCUT2D eigenvalue weighted by Gasteiger charge is 2.27. The Morgan fingerprint density at radius 2 is 2.18 bits per heavy atom. The summed E-state index contributed by atoms with van der Waals surface area (Å²) in [6.07, 6.45) is 1.47. The van der Waals surface area contributed by atoms with Gasteiger partial charge in [-0.25, -0.2) is 4.79 Å². The van der Waals surface area contributed by atoms with Crippen LogP contribution in [0.5, 0.6) is 0 Å². The molecule has 94 valence electrons. The molecule has 2 rings (SSSR count). The second kappa shape index (κ2) is 5.16. The maximum absolute atomic E-state index is 11.5. The molecule has 17 heavy (non-hydrogen) atoms. The number of nitrogens with zero attached hydrogens (tertiary/aromatic N) is 3. The number of hydrogen-bond acceptors (Lipinski definition) is 5. The summed E-state index contributed by atoms with van der Waals surface area (Å²) in [6, 6.07) is 0. The van der Waals surface area contributed by atoms with Gasteiger partial charge < -0.3 is 14.1 Å². The summed E-state index contributed by atoms with van der Waals surface area (Å²) in [7, 11) is 0. The predicted octanol–water partition coefficient (Wildman–Crippen LogP) is 1.71. The van der Waals surface area contributed by atoms with Crippen LogP contribution in [0.2, 0.25) is 0 Å². The van der Waals surface area contributed by atoms with Crippen molar-refractivity contribution in [1.29, 1.82) is 0 Å². The minimum absolute atomic E-state index is 0.229. The van der Waals surface area contributed by atoms with Gasteiger partial charge >= 0.3 is 6.09 Å².